The number of hydrogen-bond donors (Lipinski definition) is 1. The van der Waals surface area contributed by atoms with Crippen LogP contribution in [0.25, 0.3) is 0 Å². The molecule has 0 aromatic heterocycles. The third kappa shape index (κ3) is 4.05. The van der Waals surface area contributed by atoms with E-state index in [-0.39, 0.29) is 6.61 Å². The summed E-state index contributed by atoms with van der Waals surface area (Å²) in [6.07, 6.45) is 2.48. The summed E-state index contributed by atoms with van der Waals surface area (Å²) in [7, 11) is -3.13. The Labute approximate surface area is 96.0 Å². The van der Waals surface area contributed by atoms with Crippen molar-refractivity contribution in [2.75, 3.05) is 12.9 Å². The molecule has 1 aromatic rings. The highest BCUT2D eigenvalue weighted by Crippen LogP contribution is 2.09. The Hall–Kier alpha value is -1.31. The molecule has 0 bridgehead atoms. The molecule has 0 radical (unpaired) electrons. The van der Waals surface area contributed by atoms with Crippen molar-refractivity contribution in [2.45, 2.75) is 17.7 Å². The highest BCUT2D eigenvalue weighted by atomic mass is 32.2. The molecule has 1 rings (SSSR count). The average Bonchev–Trinajstić information content (AvgIpc) is 2.24. The van der Waals surface area contributed by atoms with Crippen molar-refractivity contribution in [3.05, 3.63) is 29.8 Å². The Bertz CT molecular complexity index is 489. The molecule has 0 amide bonds. The summed E-state index contributed by atoms with van der Waals surface area (Å²) < 4.78 is 22.4. The third-order valence-corrected chi connectivity index (χ3v) is 3.10. The first-order chi connectivity index (χ1) is 7.54. The van der Waals surface area contributed by atoms with Gasteiger partial charge in [-0.05, 0) is 30.7 Å². The summed E-state index contributed by atoms with van der Waals surface area (Å²) in [4.78, 5) is 0.299. The smallest absolute Gasteiger partial charge is 0.175 e. The van der Waals surface area contributed by atoms with Gasteiger partial charge < -0.3 is 5.11 Å². The summed E-state index contributed by atoms with van der Waals surface area (Å²) in [6.45, 7) is 0.141. The van der Waals surface area contributed by atoms with Crippen molar-refractivity contribution < 1.29 is 13.5 Å². The molecule has 0 heterocycles. The molecular formula is C12H14O3S. The number of hydrogen-bond acceptors (Lipinski definition) is 3. The second-order valence-electron chi connectivity index (χ2n) is 3.43. The van der Waals surface area contributed by atoms with Crippen LogP contribution < -0.4 is 0 Å². The van der Waals surface area contributed by atoms with Crippen molar-refractivity contribution in [3.8, 4) is 11.8 Å². The van der Waals surface area contributed by atoms with E-state index in [1.807, 2.05) is 0 Å². The van der Waals surface area contributed by atoms with Gasteiger partial charge in [0.2, 0.25) is 0 Å². The number of sulfone groups is 1. The molecule has 16 heavy (non-hydrogen) atoms. The van der Waals surface area contributed by atoms with Gasteiger partial charge in [0, 0.05) is 24.8 Å². The van der Waals surface area contributed by atoms with Gasteiger partial charge in [0.05, 0.1) is 4.90 Å². The molecule has 0 fully saturated rings. The first-order valence-electron chi connectivity index (χ1n) is 4.94. The molecule has 4 heteroatoms. The summed E-state index contributed by atoms with van der Waals surface area (Å²) in [5.74, 6) is 5.80. The van der Waals surface area contributed by atoms with Crippen LogP contribution in [0.3, 0.4) is 0 Å². The standard InChI is InChI=1S/C12H14O3S/c1-16(14,15)12-8-6-11(7-9-12)5-3-2-4-10-13/h6-9,13H,2,4,10H2,1H3. The van der Waals surface area contributed by atoms with E-state index < -0.39 is 9.84 Å². The first kappa shape index (κ1) is 12.8. The SMILES string of the molecule is CS(=O)(=O)c1ccc(C#CCCCO)cc1. The summed E-state index contributed by atoms with van der Waals surface area (Å²) >= 11 is 0. The maximum Gasteiger partial charge on any atom is 0.175 e. The average molecular weight is 238 g/mol. The Balaban J connectivity index is 2.75. The molecule has 0 saturated heterocycles. The van der Waals surface area contributed by atoms with Crippen LogP contribution in [0.4, 0.5) is 0 Å². The Morgan fingerprint density at radius 1 is 1.25 bits per heavy atom. The molecule has 1 aromatic carbocycles. The van der Waals surface area contributed by atoms with Crippen molar-refractivity contribution in [1.82, 2.24) is 0 Å². The molecule has 0 spiro atoms. The summed E-state index contributed by atoms with van der Waals surface area (Å²) in [6, 6.07) is 6.46. The predicted molar refractivity (Wildman–Crippen MR) is 62.7 cm³/mol. The van der Waals surface area contributed by atoms with Gasteiger partial charge in [-0.1, -0.05) is 11.8 Å². The van der Waals surface area contributed by atoms with Crippen molar-refractivity contribution in [1.29, 1.82) is 0 Å². The molecule has 0 aliphatic heterocycles. The highest BCUT2D eigenvalue weighted by molar-refractivity contribution is 7.90. The van der Waals surface area contributed by atoms with E-state index in [1.54, 1.807) is 24.3 Å². The van der Waals surface area contributed by atoms with Crippen LogP contribution in [0.2, 0.25) is 0 Å². The second kappa shape index (κ2) is 5.69. The van der Waals surface area contributed by atoms with Crippen LogP contribution in [0.1, 0.15) is 18.4 Å². The number of rotatable bonds is 3. The zero-order valence-corrected chi connectivity index (χ0v) is 9.92. The summed E-state index contributed by atoms with van der Waals surface area (Å²) in [5, 5.41) is 8.55. The van der Waals surface area contributed by atoms with Gasteiger partial charge in [0.1, 0.15) is 0 Å². The summed E-state index contributed by atoms with van der Waals surface area (Å²) in [5.41, 5.74) is 0.783. The molecule has 0 saturated carbocycles. The number of benzene rings is 1. The zero-order valence-electron chi connectivity index (χ0n) is 9.10. The predicted octanol–water partition coefficient (Wildman–Crippen LogP) is 1.21. The topological polar surface area (TPSA) is 54.4 Å². The van der Waals surface area contributed by atoms with Crippen LogP contribution in [-0.2, 0) is 9.84 Å². The lowest BCUT2D eigenvalue weighted by Gasteiger charge is -1.97. The molecule has 0 aliphatic rings. The number of aliphatic hydroxyl groups is 1. The molecular weight excluding hydrogens is 224 g/mol. The van der Waals surface area contributed by atoms with Crippen LogP contribution in [0, 0.1) is 11.8 Å². The van der Waals surface area contributed by atoms with Crippen molar-refractivity contribution in [2.24, 2.45) is 0 Å². The van der Waals surface area contributed by atoms with Gasteiger partial charge in [-0.15, -0.1) is 0 Å². The minimum Gasteiger partial charge on any atom is -0.396 e. The molecule has 0 aliphatic carbocycles. The van der Waals surface area contributed by atoms with Crippen LogP contribution >= 0.6 is 0 Å². The van der Waals surface area contributed by atoms with E-state index in [4.69, 9.17) is 5.11 Å². The maximum absolute atomic E-state index is 11.2. The second-order valence-corrected chi connectivity index (χ2v) is 5.44. The lowest BCUT2D eigenvalue weighted by Crippen LogP contribution is -1.96. The van der Waals surface area contributed by atoms with Crippen LogP contribution in [0.5, 0.6) is 0 Å². The largest absolute Gasteiger partial charge is 0.396 e. The Kier molecular flexibility index (Phi) is 4.53. The van der Waals surface area contributed by atoms with Gasteiger partial charge in [0.15, 0.2) is 9.84 Å². The van der Waals surface area contributed by atoms with E-state index >= 15 is 0 Å². The van der Waals surface area contributed by atoms with E-state index in [0.717, 1.165) is 5.56 Å². The highest BCUT2D eigenvalue weighted by Gasteiger charge is 2.04. The molecule has 0 unspecified atom stereocenters. The minimum absolute atomic E-state index is 0.141. The van der Waals surface area contributed by atoms with E-state index in [1.165, 1.54) is 6.26 Å². The monoisotopic (exact) mass is 238 g/mol. The number of aliphatic hydroxyl groups excluding tert-OH is 1. The Morgan fingerprint density at radius 2 is 1.88 bits per heavy atom. The lowest BCUT2D eigenvalue weighted by molar-refractivity contribution is 0.290. The van der Waals surface area contributed by atoms with E-state index in [9.17, 15) is 8.42 Å². The van der Waals surface area contributed by atoms with Gasteiger partial charge in [-0.2, -0.15) is 0 Å². The first-order valence-corrected chi connectivity index (χ1v) is 6.83. The number of unbranched alkanes of at least 4 members (excludes halogenated alkanes) is 1. The van der Waals surface area contributed by atoms with Crippen LogP contribution in [-0.4, -0.2) is 26.4 Å². The van der Waals surface area contributed by atoms with Gasteiger partial charge in [-0.3, -0.25) is 0 Å². The maximum atomic E-state index is 11.2. The quantitative estimate of drug-likeness (QED) is 0.636. The molecule has 3 nitrogen and oxygen atoms in total. The van der Waals surface area contributed by atoms with Gasteiger partial charge >= 0.3 is 0 Å². The minimum atomic E-state index is -3.13. The fraction of sp³-hybridized carbons (Fsp3) is 0.333. The zero-order chi connectivity index (χ0) is 12.0. The normalized spacial score (nSPS) is 10.6. The lowest BCUT2D eigenvalue weighted by atomic mass is 10.2. The van der Waals surface area contributed by atoms with E-state index in [2.05, 4.69) is 11.8 Å². The third-order valence-electron chi connectivity index (χ3n) is 1.98. The molecule has 0 atom stereocenters. The van der Waals surface area contributed by atoms with Gasteiger partial charge in [0.25, 0.3) is 0 Å². The fourth-order valence-electron chi connectivity index (χ4n) is 1.12. The van der Waals surface area contributed by atoms with Crippen molar-refractivity contribution in [3.63, 3.8) is 0 Å². The van der Waals surface area contributed by atoms with Gasteiger partial charge in [-0.25, -0.2) is 8.42 Å². The fourth-order valence-corrected chi connectivity index (χ4v) is 1.75. The van der Waals surface area contributed by atoms with E-state index in [0.29, 0.717) is 17.7 Å². The molecule has 1 N–H and O–H groups in total. The Morgan fingerprint density at radius 3 is 2.38 bits per heavy atom. The molecule has 86 valence electrons. The van der Waals surface area contributed by atoms with Crippen molar-refractivity contribution >= 4 is 9.84 Å². The van der Waals surface area contributed by atoms with Crippen LogP contribution in [0.15, 0.2) is 29.2 Å².